The molecule has 0 atom stereocenters. The highest BCUT2D eigenvalue weighted by atomic mass is 16.1. The molecule has 4 heteroatoms. The number of nitrogens with zero attached hydrogens (tertiary/aromatic N) is 1. The summed E-state index contributed by atoms with van der Waals surface area (Å²) in [6.07, 6.45) is 6.69. The number of amides is 1. The van der Waals surface area contributed by atoms with Crippen LogP contribution in [-0.2, 0) is 6.42 Å². The average Bonchev–Trinajstić information content (AvgIpc) is 2.88. The number of carbonyl (C=O) groups is 1. The Labute approximate surface area is 113 Å². The van der Waals surface area contributed by atoms with Gasteiger partial charge in [-0.15, -0.1) is 0 Å². The molecule has 2 aliphatic rings. The summed E-state index contributed by atoms with van der Waals surface area (Å²) in [6, 6.07) is 6.31. The third-order valence-electron chi connectivity index (χ3n) is 3.99. The third-order valence-corrected chi connectivity index (χ3v) is 3.99. The molecule has 100 valence electrons. The quantitative estimate of drug-likeness (QED) is 0.850. The topological polar surface area (TPSA) is 67.5 Å². The molecule has 0 aromatic heterocycles. The maximum Gasteiger partial charge on any atom is 0.251 e. The van der Waals surface area contributed by atoms with Crippen molar-refractivity contribution in [2.45, 2.75) is 44.2 Å². The minimum absolute atomic E-state index is 0.0233. The second-order valence-corrected chi connectivity index (χ2v) is 5.44. The summed E-state index contributed by atoms with van der Waals surface area (Å²) >= 11 is 0. The monoisotopic (exact) mass is 257 g/mol. The molecule has 0 unspecified atom stereocenters. The Kier molecular flexibility index (Phi) is 3.34. The lowest BCUT2D eigenvalue weighted by Gasteiger charge is -2.26. The summed E-state index contributed by atoms with van der Waals surface area (Å²) in [5.41, 5.74) is 8.73. The zero-order valence-corrected chi connectivity index (χ0v) is 10.9. The molecule has 1 amide bonds. The maximum atomic E-state index is 12.2. The molecule has 1 aliphatic carbocycles. The summed E-state index contributed by atoms with van der Waals surface area (Å²) < 4.78 is 0. The van der Waals surface area contributed by atoms with Crippen molar-refractivity contribution >= 4 is 17.8 Å². The van der Waals surface area contributed by atoms with Crippen molar-refractivity contribution < 1.29 is 4.79 Å². The fourth-order valence-corrected chi connectivity index (χ4v) is 2.79. The lowest BCUT2D eigenvalue weighted by Crippen LogP contribution is -2.40. The van der Waals surface area contributed by atoms with Crippen LogP contribution in [0.3, 0.4) is 0 Å². The molecule has 0 radical (unpaired) electrons. The highest BCUT2D eigenvalue weighted by Gasteiger charge is 2.21. The molecule has 1 aliphatic heterocycles. The molecule has 4 nitrogen and oxygen atoms in total. The van der Waals surface area contributed by atoms with E-state index in [1.54, 1.807) is 0 Å². The molecule has 3 rings (SSSR count). The SMILES string of the molecule is NC1CCC(NC(=O)c2ccc3c(c2)CC=N3)CC1. The van der Waals surface area contributed by atoms with E-state index in [0.29, 0.717) is 6.04 Å². The van der Waals surface area contributed by atoms with Gasteiger partial charge in [-0.05, 0) is 49.4 Å². The van der Waals surface area contributed by atoms with Crippen LogP contribution in [0.5, 0.6) is 0 Å². The van der Waals surface area contributed by atoms with Gasteiger partial charge in [-0.2, -0.15) is 0 Å². The summed E-state index contributed by atoms with van der Waals surface area (Å²) in [7, 11) is 0. The molecule has 0 saturated heterocycles. The largest absolute Gasteiger partial charge is 0.349 e. The van der Waals surface area contributed by atoms with Gasteiger partial charge in [0.15, 0.2) is 0 Å². The smallest absolute Gasteiger partial charge is 0.251 e. The fraction of sp³-hybridized carbons (Fsp3) is 0.467. The van der Waals surface area contributed by atoms with E-state index in [2.05, 4.69) is 10.3 Å². The molecular formula is C15H19N3O. The molecule has 0 bridgehead atoms. The standard InChI is InChI=1S/C15H19N3O/c16-12-2-4-13(5-3-12)18-15(19)11-1-6-14-10(9-11)7-8-17-14/h1,6,8-9,12-13H,2-5,7,16H2,(H,18,19). The molecule has 1 saturated carbocycles. The van der Waals surface area contributed by atoms with Crippen LogP contribution in [0, 0.1) is 0 Å². The van der Waals surface area contributed by atoms with Gasteiger partial charge in [-0.3, -0.25) is 9.79 Å². The molecule has 1 aromatic carbocycles. The van der Waals surface area contributed by atoms with Gasteiger partial charge in [0.1, 0.15) is 0 Å². The van der Waals surface area contributed by atoms with Crippen LogP contribution in [0.4, 0.5) is 5.69 Å². The minimum atomic E-state index is 0.0233. The highest BCUT2D eigenvalue weighted by molar-refractivity contribution is 5.95. The zero-order chi connectivity index (χ0) is 13.2. The Balaban J connectivity index is 1.64. The number of benzene rings is 1. The molecule has 19 heavy (non-hydrogen) atoms. The van der Waals surface area contributed by atoms with E-state index < -0.39 is 0 Å². The van der Waals surface area contributed by atoms with Crippen molar-refractivity contribution in [1.29, 1.82) is 0 Å². The van der Waals surface area contributed by atoms with E-state index in [4.69, 9.17) is 5.73 Å². The number of hydrogen-bond donors (Lipinski definition) is 2. The van der Waals surface area contributed by atoms with Crippen LogP contribution in [-0.4, -0.2) is 24.2 Å². The number of hydrogen-bond acceptors (Lipinski definition) is 3. The second-order valence-electron chi connectivity index (χ2n) is 5.44. The van der Waals surface area contributed by atoms with Crippen LogP contribution in [0.15, 0.2) is 23.2 Å². The van der Waals surface area contributed by atoms with Crippen LogP contribution in [0.25, 0.3) is 0 Å². The van der Waals surface area contributed by atoms with Gasteiger partial charge in [0, 0.05) is 30.3 Å². The lowest BCUT2D eigenvalue weighted by molar-refractivity contribution is 0.0926. The zero-order valence-electron chi connectivity index (χ0n) is 10.9. The van der Waals surface area contributed by atoms with Crippen molar-refractivity contribution in [3.05, 3.63) is 29.3 Å². The Bertz CT molecular complexity index is 516. The van der Waals surface area contributed by atoms with E-state index in [9.17, 15) is 4.79 Å². The first-order valence-corrected chi connectivity index (χ1v) is 6.94. The number of carbonyl (C=O) groups excluding carboxylic acids is 1. The molecule has 1 fully saturated rings. The van der Waals surface area contributed by atoms with E-state index in [1.807, 2.05) is 24.4 Å². The van der Waals surface area contributed by atoms with Crippen molar-refractivity contribution in [1.82, 2.24) is 5.32 Å². The first-order valence-electron chi connectivity index (χ1n) is 6.94. The van der Waals surface area contributed by atoms with E-state index in [0.717, 1.165) is 48.9 Å². The Morgan fingerprint density at radius 1 is 1.26 bits per heavy atom. The molecule has 0 spiro atoms. The number of fused-ring (bicyclic) bond motifs is 1. The molecule has 1 aromatic rings. The molecule has 3 N–H and O–H groups in total. The van der Waals surface area contributed by atoms with Gasteiger partial charge >= 0.3 is 0 Å². The third kappa shape index (κ3) is 2.68. The van der Waals surface area contributed by atoms with Gasteiger partial charge in [0.05, 0.1) is 5.69 Å². The lowest BCUT2D eigenvalue weighted by atomic mass is 9.91. The first kappa shape index (κ1) is 12.4. The number of rotatable bonds is 2. The molecule has 1 heterocycles. The second kappa shape index (κ2) is 5.13. The number of aliphatic imine (C=N–C) groups is 1. The van der Waals surface area contributed by atoms with Crippen molar-refractivity contribution in [3.63, 3.8) is 0 Å². The summed E-state index contributed by atoms with van der Waals surface area (Å²) in [4.78, 5) is 16.5. The summed E-state index contributed by atoms with van der Waals surface area (Å²) in [6.45, 7) is 0. The van der Waals surface area contributed by atoms with E-state index >= 15 is 0 Å². The molecular weight excluding hydrogens is 238 g/mol. The summed E-state index contributed by atoms with van der Waals surface area (Å²) in [5.74, 6) is 0.0233. The van der Waals surface area contributed by atoms with Crippen molar-refractivity contribution in [2.24, 2.45) is 10.7 Å². The maximum absolute atomic E-state index is 12.2. The number of nitrogens with one attached hydrogen (secondary N) is 1. The normalized spacial score (nSPS) is 25.1. The van der Waals surface area contributed by atoms with Crippen molar-refractivity contribution in [2.75, 3.05) is 0 Å². The Hall–Kier alpha value is -1.68. The fourth-order valence-electron chi connectivity index (χ4n) is 2.79. The van der Waals surface area contributed by atoms with Gasteiger partial charge in [0.2, 0.25) is 0 Å². The van der Waals surface area contributed by atoms with Crippen LogP contribution in [0.2, 0.25) is 0 Å². The summed E-state index contributed by atoms with van der Waals surface area (Å²) in [5, 5.41) is 3.11. The van der Waals surface area contributed by atoms with Crippen LogP contribution < -0.4 is 11.1 Å². The highest BCUT2D eigenvalue weighted by Crippen LogP contribution is 2.25. The van der Waals surface area contributed by atoms with Crippen LogP contribution in [0.1, 0.15) is 41.6 Å². The number of nitrogens with two attached hydrogens (primary N) is 1. The van der Waals surface area contributed by atoms with Crippen molar-refractivity contribution in [3.8, 4) is 0 Å². The Morgan fingerprint density at radius 3 is 2.84 bits per heavy atom. The average molecular weight is 257 g/mol. The predicted octanol–water partition coefficient (Wildman–Crippen LogP) is 1.94. The van der Waals surface area contributed by atoms with Gasteiger partial charge in [0.25, 0.3) is 5.91 Å². The van der Waals surface area contributed by atoms with E-state index in [-0.39, 0.29) is 11.9 Å². The van der Waals surface area contributed by atoms with Gasteiger partial charge < -0.3 is 11.1 Å². The van der Waals surface area contributed by atoms with Gasteiger partial charge in [-0.25, -0.2) is 0 Å². The van der Waals surface area contributed by atoms with E-state index in [1.165, 1.54) is 0 Å². The minimum Gasteiger partial charge on any atom is -0.349 e. The predicted molar refractivity (Wildman–Crippen MR) is 76.0 cm³/mol. The Morgan fingerprint density at radius 2 is 2.05 bits per heavy atom. The first-order chi connectivity index (χ1) is 9.22. The van der Waals surface area contributed by atoms with Crippen LogP contribution >= 0.6 is 0 Å². The van der Waals surface area contributed by atoms with Gasteiger partial charge in [-0.1, -0.05) is 0 Å².